The minimum Gasteiger partial charge on any atom is -0.399 e. The summed E-state index contributed by atoms with van der Waals surface area (Å²) in [6.45, 7) is 6.99. The maximum atomic E-state index is 12.6. The van der Waals surface area contributed by atoms with Crippen molar-refractivity contribution in [3.63, 3.8) is 0 Å². The van der Waals surface area contributed by atoms with E-state index in [1.807, 2.05) is 6.92 Å². The molecule has 0 aliphatic carbocycles. The smallest absolute Gasteiger partial charge is 0.241 e. The van der Waals surface area contributed by atoms with Crippen LogP contribution in [0.4, 0.5) is 5.69 Å². The van der Waals surface area contributed by atoms with Gasteiger partial charge >= 0.3 is 0 Å². The van der Waals surface area contributed by atoms with Crippen molar-refractivity contribution < 1.29 is 8.42 Å². The van der Waals surface area contributed by atoms with Crippen LogP contribution in [0.2, 0.25) is 0 Å². The fourth-order valence-electron chi connectivity index (χ4n) is 2.76. The predicted octanol–water partition coefficient (Wildman–Crippen LogP) is 1.59. The van der Waals surface area contributed by atoms with Gasteiger partial charge in [0, 0.05) is 11.7 Å². The maximum Gasteiger partial charge on any atom is 0.241 e. The summed E-state index contributed by atoms with van der Waals surface area (Å²) >= 11 is 0. The van der Waals surface area contributed by atoms with Gasteiger partial charge in [0.15, 0.2) is 0 Å². The van der Waals surface area contributed by atoms with Crippen molar-refractivity contribution in [3.05, 3.63) is 23.8 Å². The number of benzene rings is 1. The van der Waals surface area contributed by atoms with Crippen LogP contribution in [0.1, 0.15) is 32.3 Å². The number of aryl methyl sites for hydroxylation is 1. The monoisotopic (exact) mass is 311 g/mol. The average molecular weight is 311 g/mol. The zero-order valence-electron chi connectivity index (χ0n) is 12.8. The van der Waals surface area contributed by atoms with Crippen LogP contribution in [-0.2, 0) is 16.4 Å². The molecular weight excluding hydrogens is 286 g/mol. The van der Waals surface area contributed by atoms with Gasteiger partial charge in [0.05, 0.1) is 4.90 Å². The highest BCUT2D eigenvalue weighted by Gasteiger charge is 2.25. The van der Waals surface area contributed by atoms with Gasteiger partial charge < -0.3 is 10.6 Å². The van der Waals surface area contributed by atoms with Crippen LogP contribution in [-0.4, -0.2) is 39.0 Å². The van der Waals surface area contributed by atoms with Crippen molar-refractivity contribution in [2.75, 3.05) is 25.4 Å². The molecule has 1 aliphatic heterocycles. The summed E-state index contributed by atoms with van der Waals surface area (Å²) in [7, 11) is -3.50. The normalized spacial score (nSPS) is 18.0. The Labute approximate surface area is 127 Å². The lowest BCUT2D eigenvalue weighted by Crippen LogP contribution is -2.44. The lowest BCUT2D eigenvalue weighted by Gasteiger charge is -2.31. The fourth-order valence-corrected chi connectivity index (χ4v) is 4.41. The molecule has 1 aromatic carbocycles. The number of nitrogen functional groups attached to an aromatic ring is 1. The average Bonchev–Trinajstić information content (AvgIpc) is 2.47. The maximum absolute atomic E-state index is 12.6. The molecule has 0 amide bonds. The molecule has 5 nitrogen and oxygen atoms in total. The summed E-state index contributed by atoms with van der Waals surface area (Å²) in [5.74, 6) is 0. The van der Waals surface area contributed by atoms with Crippen molar-refractivity contribution >= 4 is 15.7 Å². The van der Waals surface area contributed by atoms with E-state index in [9.17, 15) is 8.42 Å². The second-order valence-corrected chi connectivity index (χ2v) is 7.23. The Morgan fingerprint density at radius 3 is 2.52 bits per heavy atom. The molecule has 6 heteroatoms. The molecule has 0 aromatic heterocycles. The number of sulfonamides is 1. The van der Waals surface area contributed by atoms with Crippen molar-refractivity contribution in [1.29, 1.82) is 0 Å². The third-order valence-corrected chi connectivity index (χ3v) is 5.72. The SMILES string of the molecule is CCc1ccc(N)cc1S(=O)(=O)NC1CCN(CC)CC1. The quantitative estimate of drug-likeness (QED) is 0.810. The number of hydrogen-bond donors (Lipinski definition) is 2. The molecule has 1 aromatic rings. The number of likely N-dealkylation sites (tertiary alicyclic amines) is 1. The Kier molecular flexibility index (Phi) is 5.24. The first-order valence-corrected chi connectivity index (χ1v) is 9.07. The molecule has 21 heavy (non-hydrogen) atoms. The molecule has 1 fully saturated rings. The number of hydrogen-bond acceptors (Lipinski definition) is 4. The second kappa shape index (κ2) is 6.77. The van der Waals surface area contributed by atoms with E-state index in [0.717, 1.165) is 38.0 Å². The van der Waals surface area contributed by atoms with E-state index in [1.165, 1.54) is 0 Å². The minimum absolute atomic E-state index is 0.0175. The van der Waals surface area contributed by atoms with Crippen LogP contribution in [0.25, 0.3) is 0 Å². The molecule has 1 aliphatic rings. The zero-order chi connectivity index (χ0) is 15.5. The Morgan fingerprint density at radius 2 is 1.95 bits per heavy atom. The van der Waals surface area contributed by atoms with E-state index in [0.29, 0.717) is 17.0 Å². The minimum atomic E-state index is -3.50. The van der Waals surface area contributed by atoms with E-state index in [-0.39, 0.29) is 6.04 Å². The van der Waals surface area contributed by atoms with Crippen LogP contribution < -0.4 is 10.5 Å². The molecule has 0 saturated carbocycles. The number of rotatable bonds is 5. The molecule has 0 radical (unpaired) electrons. The van der Waals surface area contributed by atoms with Crippen LogP contribution >= 0.6 is 0 Å². The largest absolute Gasteiger partial charge is 0.399 e. The number of nitrogens with one attached hydrogen (secondary N) is 1. The predicted molar refractivity (Wildman–Crippen MR) is 85.7 cm³/mol. The summed E-state index contributed by atoms with van der Waals surface area (Å²) in [5.41, 5.74) is 7.04. The van der Waals surface area contributed by atoms with Crippen LogP contribution in [0.3, 0.4) is 0 Å². The summed E-state index contributed by atoms with van der Waals surface area (Å²) in [6, 6.07) is 5.12. The van der Waals surface area contributed by atoms with E-state index in [4.69, 9.17) is 5.73 Å². The van der Waals surface area contributed by atoms with Gasteiger partial charge in [-0.25, -0.2) is 13.1 Å². The van der Waals surface area contributed by atoms with E-state index in [1.54, 1.807) is 18.2 Å². The Bertz CT molecular complexity index is 579. The van der Waals surface area contributed by atoms with Crippen LogP contribution in [0.15, 0.2) is 23.1 Å². The molecule has 0 bridgehead atoms. The van der Waals surface area contributed by atoms with Gasteiger partial charge in [0.1, 0.15) is 0 Å². The zero-order valence-corrected chi connectivity index (χ0v) is 13.6. The molecule has 2 rings (SSSR count). The molecule has 1 saturated heterocycles. The Hall–Kier alpha value is -1.11. The van der Waals surface area contributed by atoms with Gasteiger partial charge in [-0.1, -0.05) is 19.9 Å². The second-order valence-electron chi connectivity index (χ2n) is 5.55. The van der Waals surface area contributed by atoms with Crippen molar-refractivity contribution in [3.8, 4) is 0 Å². The standard InChI is InChI=1S/C15H25N3O2S/c1-3-12-5-6-13(16)11-15(12)21(19,20)17-14-7-9-18(4-2)10-8-14/h5-6,11,14,17H,3-4,7-10,16H2,1-2H3. The topological polar surface area (TPSA) is 75.4 Å². The molecule has 0 unspecified atom stereocenters. The third-order valence-electron chi connectivity index (χ3n) is 4.12. The van der Waals surface area contributed by atoms with Crippen molar-refractivity contribution in [1.82, 2.24) is 9.62 Å². The van der Waals surface area contributed by atoms with Gasteiger partial charge in [-0.05, 0) is 56.6 Å². The first-order valence-electron chi connectivity index (χ1n) is 7.59. The molecule has 0 spiro atoms. The van der Waals surface area contributed by atoms with Crippen molar-refractivity contribution in [2.24, 2.45) is 0 Å². The highest BCUT2D eigenvalue weighted by Crippen LogP contribution is 2.21. The highest BCUT2D eigenvalue weighted by atomic mass is 32.2. The summed E-state index contributed by atoms with van der Waals surface area (Å²) in [4.78, 5) is 2.66. The summed E-state index contributed by atoms with van der Waals surface area (Å²) in [6.07, 6.45) is 2.39. The van der Waals surface area contributed by atoms with E-state index >= 15 is 0 Å². The summed E-state index contributed by atoms with van der Waals surface area (Å²) < 4.78 is 28.1. The highest BCUT2D eigenvalue weighted by molar-refractivity contribution is 7.89. The molecule has 0 atom stereocenters. The van der Waals surface area contributed by atoms with Crippen LogP contribution in [0.5, 0.6) is 0 Å². The third kappa shape index (κ3) is 3.96. The molecular formula is C15H25N3O2S. The lowest BCUT2D eigenvalue weighted by molar-refractivity contribution is 0.217. The Balaban J connectivity index is 2.14. The first kappa shape index (κ1) is 16.3. The lowest BCUT2D eigenvalue weighted by atomic mass is 10.1. The Morgan fingerprint density at radius 1 is 1.29 bits per heavy atom. The molecule has 118 valence electrons. The molecule has 3 N–H and O–H groups in total. The van der Waals surface area contributed by atoms with E-state index < -0.39 is 10.0 Å². The van der Waals surface area contributed by atoms with Gasteiger partial charge in [0.2, 0.25) is 10.0 Å². The fraction of sp³-hybridized carbons (Fsp3) is 0.600. The number of anilines is 1. The van der Waals surface area contributed by atoms with Gasteiger partial charge in [-0.3, -0.25) is 0 Å². The van der Waals surface area contributed by atoms with Crippen LogP contribution in [0, 0.1) is 0 Å². The van der Waals surface area contributed by atoms with Gasteiger partial charge in [-0.15, -0.1) is 0 Å². The van der Waals surface area contributed by atoms with Gasteiger partial charge in [0.25, 0.3) is 0 Å². The molecule has 1 heterocycles. The van der Waals surface area contributed by atoms with Crippen molar-refractivity contribution in [2.45, 2.75) is 44.0 Å². The number of nitrogens with two attached hydrogens (primary N) is 1. The number of piperidine rings is 1. The van der Waals surface area contributed by atoms with E-state index in [2.05, 4.69) is 16.5 Å². The first-order chi connectivity index (χ1) is 9.96. The summed E-state index contributed by atoms with van der Waals surface area (Å²) in [5, 5.41) is 0. The van der Waals surface area contributed by atoms with Gasteiger partial charge in [-0.2, -0.15) is 0 Å². The number of nitrogens with zero attached hydrogens (tertiary/aromatic N) is 1.